The molecule has 0 fully saturated rings. The van der Waals surface area contributed by atoms with E-state index < -0.39 is 0 Å². The average molecular weight is 230 g/mol. The molecule has 0 radical (unpaired) electrons. The molecule has 1 heterocycles. The highest BCUT2D eigenvalue weighted by molar-refractivity contribution is 5.35. The molecule has 0 bridgehead atoms. The van der Waals surface area contributed by atoms with E-state index in [1.165, 1.54) is 11.1 Å². The minimum Gasteiger partial charge on any atom is -0.400 e. The number of hydrogen-bond acceptors (Lipinski definition) is 3. The standard InChI is InChI=1S/C13H14N2.CH4O/c1-14-13-8-7-12(10-15-13)9-11-5-3-2-4-6-11;1-2/h2-8,10H,9H2,1H3,(H,14,15);2H,1H3. The molecule has 90 valence electrons. The van der Waals surface area contributed by atoms with E-state index in [2.05, 4.69) is 40.6 Å². The van der Waals surface area contributed by atoms with Crippen molar-refractivity contribution in [3.8, 4) is 0 Å². The molecule has 1 aromatic heterocycles. The van der Waals surface area contributed by atoms with E-state index in [-0.39, 0.29) is 0 Å². The Morgan fingerprint density at radius 1 is 1.00 bits per heavy atom. The summed E-state index contributed by atoms with van der Waals surface area (Å²) in [7, 11) is 2.87. The van der Waals surface area contributed by atoms with Crippen molar-refractivity contribution in [3.05, 3.63) is 59.8 Å². The summed E-state index contributed by atoms with van der Waals surface area (Å²) < 4.78 is 0. The fraction of sp³-hybridized carbons (Fsp3) is 0.214. The molecule has 0 unspecified atom stereocenters. The minimum absolute atomic E-state index is 0.909. The lowest BCUT2D eigenvalue weighted by molar-refractivity contribution is 0.399. The zero-order valence-corrected chi connectivity index (χ0v) is 10.2. The fourth-order valence-corrected chi connectivity index (χ4v) is 1.51. The third kappa shape index (κ3) is 4.25. The van der Waals surface area contributed by atoms with Gasteiger partial charge in [0, 0.05) is 20.4 Å². The number of aromatic nitrogens is 1. The van der Waals surface area contributed by atoms with Gasteiger partial charge in [-0.2, -0.15) is 0 Å². The Morgan fingerprint density at radius 3 is 2.24 bits per heavy atom. The van der Waals surface area contributed by atoms with Gasteiger partial charge < -0.3 is 10.4 Å². The fourth-order valence-electron chi connectivity index (χ4n) is 1.51. The Labute approximate surface area is 102 Å². The first-order chi connectivity index (χ1) is 8.38. The lowest BCUT2D eigenvalue weighted by Crippen LogP contribution is -1.93. The van der Waals surface area contributed by atoms with Gasteiger partial charge in [0.2, 0.25) is 0 Å². The molecule has 0 amide bonds. The van der Waals surface area contributed by atoms with Crippen molar-refractivity contribution in [1.82, 2.24) is 4.98 Å². The Bertz CT molecular complexity index is 412. The molecule has 0 spiro atoms. The summed E-state index contributed by atoms with van der Waals surface area (Å²) in [6.07, 6.45) is 2.86. The number of aliphatic hydroxyl groups is 1. The Kier molecular flexibility index (Phi) is 5.75. The van der Waals surface area contributed by atoms with E-state index in [1.807, 2.05) is 25.4 Å². The summed E-state index contributed by atoms with van der Waals surface area (Å²) in [6, 6.07) is 14.5. The predicted molar refractivity (Wildman–Crippen MR) is 71.2 cm³/mol. The number of anilines is 1. The zero-order chi connectivity index (χ0) is 12.5. The number of nitrogens with zero attached hydrogens (tertiary/aromatic N) is 1. The molecule has 17 heavy (non-hydrogen) atoms. The van der Waals surface area contributed by atoms with Crippen LogP contribution in [-0.4, -0.2) is 24.2 Å². The maximum atomic E-state index is 7.00. The van der Waals surface area contributed by atoms with Gasteiger partial charge in [0.25, 0.3) is 0 Å². The lowest BCUT2D eigenvalue weighted by atomic mass is 10.1. The van der Waals surface area contributed by atoms with Crippen molar-refractivity contribution < 1.29 is 5.11 Å². The molecule has 0 saturated carbocycles. The van der Waals surface area contributed by atoms with Gasteiger partial charge in [-0.05, 0) is 23.6 Å². The molecule has 3 heteroatoms. The summed E-state index contributed by atoms with van der Waals surface area (Å²) in [4.78, 5) is 4.28. The van der Waals surface area contributed by atoms with Gasteiger partial charge in [0.1, 0.15) is 5.82 Å². The second kappa shape index (κ2) is 7.41. The molecule has 0 aliphatic rings. The van der Waals surface area contributed by atoms with E-state index in [9.17, 15) is 0 Å². The average Bonchev–Trinajstić information content (AvgIpc) is 2.43. The first-order valence-corrected chi connectivity index (χ1v) is 5.50. The second-order valence-electron chi connectivity index (χ2n) is 3.46. The van der Waals surface area contributed by atoms with Gasteiger partial charge in [0.05, 0.1) is 0 Å². The summed E-state index contributed by atoms with van der Waals surface area (Å²) in [5.74, 6) is 0.909. The summed E-state index contributed by atoms with van der Waals surface area (Å²) >= 11 is 0. The van der Waals surface area contributed by atoms with E-state index in [0.717, 1.165) is 19.3 Å². The van der Waals surface area contributed by atoms with Crippen LogP contribution in [0.2, 0.25) is 0 Å². The highest BCUT2D eigenvalue weighted by Gasteiger charge is 1.96. The highest BCUT2D eigenvalue weighted by atomic mass is 16.2. The van der Waals surface area contributed by atoms with Gasteiger partial charge in [-0.15, -0.1) is 0 Å². The third-order valence-electron chi connectivity index (χ3n) is 2.33. The summed E-state index contributed by atoms with van der Waals surface area (Å²) in [6.45, 7) is 0. The lowest BCUT2D eigenvalue weighted by Gasteiger charge is -2.02. The molecule has 2 aromatic rings. The number of benzene rings is 1. The van der Waals surface area contributed by atoms with Crippen molar-refractivity contribution in [1.29, 1.82) is 0 Å². The number of pyridine rings is 1. The van der Waals surface area contributed by atoms with Gasteiger partial charge in [-0.3, -0.25) is 0 Å². The largest absolute Gasteiger partial charge is 0.400 e. The maximum Gasteiger partial charge on any atom is 0.125 e. The number of nitrogens with one attached hydrogen (secondary N) is 1. The predicted octanol–water partition coefficient (Wildman–Crippen LogP) is 2.32. The van der Waals surface area contributed by atoms with Gasteiger partial charge in [-0.1, -0.05) is 36.4 Å². The quantitative estimate of drug-likeness (QED) is 0.850. The van der Waals surface area contributed by atoms with Crippen molar-refractivity contribution in [2.45, 2.75) is 6.42 Å². The van der Waals surface area contributed by atoms with Crippen LogP contribution in [0.4, 0.5) is 5.82 Å². The summed E-state index contributed by atoms with van der Waals surface area (Å²) in [5, 5.41) is 10.0. The van der Waals surface area contributed by atoms with Crippen molar-refractivity contribution in [2.24, 2.45) is 0 Å². The normalized spacial score (nSPS) is 9.12. The molecule has 2 rings (SSSR count). The van der Waals surface area contributed by atoms with Crippen LogP contribution in [-0.2, 0) is 6.42 Å². The Morgan fingerprint density at radius 2 is 1.71 bits per heavy atom. The van der Waals surface area contributed by atoms with Crippen LogP contribution in [0.25, 0.3) is 0 Å². The zero-order valence-electron chi connectivity index (χ0n) is 10.2. The van der Waals surface area contributed by atoms with E-state index in [1.54, 1.807) is 0 Å². The van der Waals surface area contributed by atoms with Gasteiger partial charge in [-0.25, -0.2) is 4.98 Å². The molecule has 0 aliphatic carbocycles. The molecule has 3 nitrogen and oxygen atoms in total. The van der Waals surface area contributed by atoms with Crippen LogP contribution in [0.1, 0.15) is 11.1 Å². The first-order valence-electron chi connectivity index (χ1n) is 5.50. The topological polar surface area (TPSA) is 45.2 Å². The molecule has 2 N–H and O–H groups in total. The highest BCUT2D eigenvalue weighted by Crippen LogP contribution is 2.10. The van der Waals surface area contributed by atoms with Crippen molar-refractivity contribution in [2.75, 3.05) is 19.5 Å². The van der Waals surface area contributed by atoms with Gasteiger partial charge in [0.15, 0.2) is 0 Å². The maximum absolute atomic E-state index is 7.00. The number of hydrogen-bond donors (Lipinski definition) is 2. The molecule has 1 aromatic carbocycles. The second-order valence-corrected chi connectivity index (χ2v) is 3.46. The molecular formula is C14H18N2O. The van der Waals surface area contributed by atoms with E-state index >= 15 is 0 Å². The smallest absolute Gasteiger partial charge is 0.125 e. The number of rotatable bonds is 3. The minimum atomic E-state index is 0.909. The molecule has 0 atom stereocenters. The van der Waals surface area contributed by atoms with Crippen LogP contribution < -0.4 is 5.32 Å². The number of aliphatic hydroxyl groups excluding tert-OH is 1. The molecule has 0 saturated heterocycles. The van der Waals surface area contributed by atoms with Crippen LogP contribution >= 0.6 is 0 Å². The van der Waals surface area contributed by atoms with Gasteiger partial charge >= 0.3 is 0 Å². The van der Waals surface area contributed by atoms with Crippen LogP contribution in [0.5, 0.6) is 0 Å². The van der Waals surface area contributed by atoms with Crippen LogP contribution in [0.3, 0.4) is 0 Å². The van der Waals surface area contributed by atoms with Crippen molar-refractivity contribution >= 4 is 5.82 Å². The first kappa shape index (κ1) is 13.2. The summed E-state index contributed by atoms with van der Waals surface area (Å²) in [5.41, 5.74) is 2.55. The van der Waals surface area contributed by atoms with Crippen molar-refractivity contribution in [3.63, 3.8) is 0 Å². The van der Waals surface area contributed by atoms with E-state index in [0.29, 0.717) is 0 Å². The molecule has 0 aliphatic heterocycles. The third-order valence-corrected chi connectivity index (χ3v) is 2.33. The molecular weight excluding hydrogens is 212 g/mol. The van der Waals surface area contributed by atoms with Crippen LogP contribution in [0, 0.1) is 0 Å². The monoisotopic (exact) mass is 230 g/mol. The van der Waals surface area contributed by atoms with Crippen LogP contribution in [0.15, 0.2) is 48.7 Å². The Hall–Kier alpha value is -1.87. The van der Waals surface area contributed by atoms with E-state index in [4.69, 9.17) is 5.11 Å². The SMILES string of the molecule is CNc1ccc(Cc2ccccc2)cn1.CO. The Balaban J connectivity index is 0.000000686.